The van der Waals surface area contributed by atoms with Crippen molar-refractivity contribution >= 4 is 39.5 Å². The van der Waals surface area contributed by atoms with E-state index in [-0.39, 0.29) is 25.7 Å². The molecular weight excluding hydrogens is 1310 g/mol. The monoisotopic (exact) mass is 1440 g/mol. The number of unbranched alkanes of at least 4 members (excludes halogenated alkanes) is 20. The van der Waals surface area contributed by atoms with E-state index in [0.29, 0.717) is 32.1 Å². The SMILES string of the molecule is CC/C=C\C/C=C\C/C=C\C/C=C\C/C=C\C/C=C\CCC(=O)OCC(COP(=O)(O)OCC(O)COP(=O)(O)OCC(COC(=O)CCCCCCC/C=C\C/C=C\CCCCC)OC(=O)CCCCCCC/C=C\CCCC)OC(=O)CCCCCCC/C=C\C/C=C\C/C=C\CC. The molecule has 0 heterocycles. The van der Waals surface area contributed by atoms with Crippen LogP contribution in [-0.4, -0.2) is 96.7 Å². The lowest BCUT2D eigenvalue weighted by Gasteiger charge is -2.21. The number of ether oxygens (including phenoxy) is 4. The number of hydrogen-bond acceptors (Lipinski definition) is 15. The molecule has 0 aliphatic carbocycles. The van der Waals surface area contributed by atoms with Crippen molar-refractivity contribution in [1.82, 2.24) is 0 Å². The topological polar surface area (TPSA) is 237 Å². The first-order chi connectivity index (χ1) is 48.7. The van der Waals surface area contributed by atoms with Gasteiger partial charge in [-0.1, -0.05) is 257 Å². The lowest BCUT2D eigenvalue weighted by Crippen LogP contribution is -2.30. The van der Waals surface area contributed by atoms with E-state index >= 15 is 0 Å². The summed E-state index contributed by atoms with van der Waals surface area (Å²) in [4.78, 5) is 72.8. The van der Waals surface area contributed by atoms with Gasteiger partial charge in [-0.3, -0.25) is 37.3 Å². The first kappa shape index (κ1) is 94.9. The van der Waals surface area contributed by atoms with Gasteiger partial charge in [0.05, 0.1) is 26.4 Å². The average molecular weight is 1440 g/mol. The Morgan fingerprint density at radius 3 is 0.900 bits per heavy atom. The van der Waals surface area contributed by atoms with Crippen molar-refractivity contribution in [1.29, 1.82) is 0 Å². The number of phosphoric acid groups is 2. The van der Waals surface area contributed by atoms with Gasteiger partial charge in [0.25, 0.3) is 0 Å². The van der Waals surface area contributed by atoms with E-state index in [1.807, 2.05) is 18.2 Å². The molecule has 0 aliphatic heterocycles. The molecule has 0 fully saturated rings. The number of rotatable bonds is 70. The highest BCUT2D eigenvalue weighted by Gasteiger charge is 2.30. The van der Waals surface area contributed by atoms with Crippen LogP contribution in [-0.2, 0) is 65.4 Å². The Bertz CT molecular complexity index is 2470. The third-order valence-electron chi connectivity index (χ3n) is 15.3. The molecule has 0 saturated carbocycles. The highest BCUT2D eigenvalue weighted by atomic mass is 31.2. The summed E-state index contributed by atoms with van der Waals surface area (Å²) in [5.41, 5.74) is 0. The predicted molar refractivity (Wildman–Crippen MR) is 408 cm³/mol. The van der Waals surface area contributed by atoms with Gasteiger partial charge in [0.15, 0.2) is 12.2 Å². The summed E-state index contributed by atoms with van der Waals surface area (Å²) in [6, 6.07) is 0. The van der Waals surface area contributed by atoms with E-state index in [1.165, 1.54) is 32.1 Å². The largest absolute Gasteiger partial charge is 0.472 e. The van der Waals surface area contributed by atoms with Crippen molar-refractivity contribution in [3.63, 3.8) is 0 Å². The molecule has 19 heteroatoms. The van der Waals surface area contributed by atoms with Gasteiger partial charge in [-0.05, 0) is 148 Å². The van der Waals surface area contributed by atoms with Crippen LogP contribution in [0.15, 0.2) is 146 Å². The summed E-state index contributed by atoms with van der Waals surface area (Å²) in [7, 11) is -9.99. The Morgan fingerprint density at radius 2 is 0.550 bits per heavy atom. The van der Waals surface area contributed by atoms with E-state index in [0.717, 1.165) is 167 Å². The molecule has 0 saturated heterocycles. The summed E-state index contributed by atoms with van der Waals surface area (Å²) >= 11 is 0. The van der Waals surface area contributed by atoms with Gasteiger partial charge in [0, 0.05) is 25.7 Å². The van der Waals surface area contributed by atoms with Gasteiger partial charge in [-0.2, -0.15) is 0 Å². The van der Waals surface area contributed by atoms with Gasteiger partial charge in [-0.25, -0.2) is 9.13 Å². The fourth-order valence-electron chi connectivity index (χ4n) is 9.51. The Kier molecular flexibility index (Phi) is 68.6. The Hall–Kier alpha value is -5.06. The van der Waals surface area contributed by atoms with Gasteiger partial charge >= 0.3 is 39.5 Å². The second kappa shape index (κ2) is 72.3. The van der Waals surface area contributed by atoms with E-state index in [4.69, 9.17) is 37.0 Å². The van der Waals surface area contributed by atoms with Crippen molar-refractivity contribution in [3.05, 3.63) is 146 Å². The van der Waals surface area contributed by atoms with E-state index in [1.54, 1.807) is 0 Å². The molecule has 0 radical (unpaired) electrons. The number of carbonyl (C=O) groups is 4. The molecule has 570 valence electrons. The minimum absolute atomic E-state index is 0.0276. The molecule has 0 bridgehead atoms. The molecule has 0 aromatic carbocycles. The fraction of sp³-hybridized carbons (Fsp3) is 0.654. The minimum atomic E-state index is -5.00. The normalized spacial score (nSPS) is 14.8. The van der Waals surface area contributed by atoms with Crippen molar-refractivity contribution in [3.8, 4) is 0 Å². The number of phosphoric ester groups is 2. The molecule has 0 aromatic rings. The number of carbonyl (C=O) groups excluding carboxylic acids is 4. The third kappa shape index (κ3) is 71.3. The quantitative estimate of drug-likeness (QED) is 0.0169. The minimum Gasteiger partial charge on any atom is -0.462 e. The number of aliphatic hydroxyl groups is 1. The number of allylic oxidation sites excluding steroid dienone is 24. The zero-order valence-corrected chi connectivity index (χ0v) is 63.9. The van der Waals surface area contributed by atoms with Gasteiger partial charge in [-0.15, -0.1) is 0 Å². The lowest BCUT2D eigenvalue weighted by atomic mass is 10.1. The first-order valence-electron chi connectivity index (χ1n) is 38.1. The van der Waals surface area contributed by atoms with E-state index in [9.17, 15) is 43.2 Å². The zero-order chi connectivity index (χ0) is 73.2. The average Bonchev–Trinajstić information content (AvgIpc) is 0.985. The van der Waals surface area contributed by atoms with Crippen LogP contribution in [0.2, 0.25) is 0 Å². The molecule has 17 nitrogen and oxygen atoms in total. The molecule has 5 atom stereocenters. The number of hydrogen-bond donors (Lipinski definition) is 3. The maximum atomic E-state index is 13.1. The molecule has 0 aromatic heterocycles. The maximum absolute atomic E-state index is 13.1. The van der Waals surface area contributed by atoms with E-state index in [2.05, 4.69) is 155 Å². The molecule has 0 aliphatic rings. The van der Waals surface area contributed by atoms with Crippen LogP contribution in [0.25, 0.3) is 0 Å². The second-order valence-electron chi connectivity index (χ2n) is 24.8. The molecule has 100 heavy (non-hydrogen) atoms. The van der Waals surface area contributed by atoms with E-state index < -0.39 is 97.5 Å². The summed E-state index contributed by atoms with van der Waals surface area (Å²) < 4.78 is 68.3. The maximum Gasteiger partial charge on any atom is 0.472 e. The van der Waals surface area contributed by atoms with Crippen LogP contribution in [0.3, 0.4) is 0 Å². The first-order valence-corrected chi connectivity index (χ1v) is 41.1. The third-order valence-corrected chi connectivity index (χ3v) is 17.2. The smallest absolute Gasteiger partial charge is 0.462 e. The van der Waals surface area contributed by atoms with Crippen LogP contribution < -0.4 is 0 Å². The van der Waals surface area contributed by atoms with Crippen molar-refractivity contribution in [2.75, 3.05) is 39.6 Å². The van der Waals surface area contributed by atoms with Crippen LogP contribution in [0.4, 0.5) is 0 Å². The summed E-state index contributed by atoms with van der Waals surface area (Å²) in [6.45, 7) is 4.43. The van der Waals surface area contributed by atoms with Crippen LogP contribution in [0.1, 0.15) is 285 Å². The molecular formula is C81H134O17P2. The van der Waals surface area contributed by atoms with Crippen LogP contribution in [0, 0.1) is 0 Å². The predicted octanol–water partition coefficient (Wildman–Crippen LogP) is 21.9. The molecule has 0 amide bonds. The summed E-state index contributed by atoms with van der Waals surface area (Å²) in [5.74, 6) is -2.32. The highest BCUT2D eigenvalue weighted by Crippen LogP contribution is 2.45. The Labute approximate surface area is 605 Å². The van der Waals surface area contributed by atoms with Crippen LogP contribution in [0.5, 0.6) is 0 Å². The molecule has 0 rings (SSSR count). The van der Waals surface area contributed by atoms with Gasteiger partial charge in [0.1, 0.15) is 19.3 Å². The highest BCUT2D eigenvalue weighted by molar-refractivity contribution is 7.47. The lowest BCUT2D eigenvalue weighted by molar-refractivity contribution is -0.161. The van der Waals surface area contributed by atoms with Crippen molar-refractivity contribution in [2.24, 2.45) is 0 Å². The van der Waals surface area contributed by atoms with Gasteiger partial charge in [0.2, 0.25) is 0 Å². The second-order valence-corrected chi connectivity index (χ2v) is 27.7. The fourth-order valence-corrected chi connectivity index (χ4v) is 11.1. The number of esters is 4. The van der Waals surface area contributed by atoms with Crippen molar-refractivity contribution in [2.45, 2.75) is 303 Å². The molecule has 5 unspecified atom stereocenters. The molecule has 0 spiro atoms. The summed E-state index contributed by atoms with van der Waals surface area (Å²) in [6.07, 6.45) is 81.4. The van der Waals surface area contributed by atoms with Crippen molar-refractivity contribution < 1.29 is 80.2 Å². The Balaban J connectivity index is 5.43. The zero-order valence-electron chi connectivity index (χ0n) is 62.1. The van der Waals surface area contributed by atoms with Crippen LogP contribution >= 0.6 is 15.6 Å². The standard InChI is InChI=1S/C81H134O17P2/c1-5-9-13-17-21-25-29-32-35-36-37-38-41-43-47-50-54-58-62-66-79(84)92-72-77(98-81(86)68-64-60-56-52-48-44-40-34-31-27-23-19-15-11-7-3)74-96-100(89,90)94-70-75(82)69-93-99(87,88)95-73-76(97-80(85)67-63-59-55-51-45-28-24-20-16-12-8-4)71-91-78(83)65-61-57-53-49-46-42-39-33-30-26-22-18-14-10-6-2/h9,11,13,15,20-27,32-35,37-40,43,47,54,58,75-77,82H,5-8,10,12,14,16-19,28-31,36,41-42,44-46,48-53,55-57,59-74H2,1-4H3,(H,87,88)(H,89,90)/b13-9-,15-11-,24-20-,25-21-,26-22-,27-23-,35-32-,38-37-,39-33-,40-34-,47-43-,58-54-. The number of aliphatic hydroxyl groups excluding tert-OH is 1. The molecule has 3 N–H and O–H groups in total. The van der Waals surface area contributed by atoms with Gasteiger partial charge < -0.3 is 33.8 Å². The summed E-state index contributed by atoms with van der Waals surface area (Å²) in [5, 5.41) is 10.6. The Morgan fingerprint density at radius 1 is 0.290 bits per heavy atom.